The van der Waals surface area contributed by atoms with E-state index in [1.165, 1.54) is 6.26 Å². The van der Waals surface area contributed by atoms with Gasteiger partial charge in [-0.2, -0.15) is 0 Å². The molecule has 0 unspecified atom stereocenters. The molecular weight excluding hydrogens is 196 g/mol. The highest BCUT2D eigenvalue weighted by molar-refractivity contribution is 7.89. The van der Waals surface area contributed by atoms with E-state index in [-0.39, 0.29) is 5.75 Å². The van der Waals surface area contributed by atoms with E-state index in [0.717, 1.165) is 11.1 Å². The van der Waals surface area contributed by atoms with Gasteiger partial charge in [0.15, 0.2) is 9.84 Å². The third-order valence-electron chi connectivity index (χ3n) is 1.55. The molecule has 0 atom stereocenters. The number of benzene rings is 1. The molecule has 2 nitrogen and oxygen atoms in total. The predicted molar refractivity (Wildman–Crippen MR) is 61.1 cm³/mol. The molecule has 0 aliphatic heterocycles. The Hall–Kier alpha value is -0.830. The maximum atomic E-state index is 10.9. The lowest BCUT2D eigenvalue weighted by Gasteiger charge is -1.98. The number of sulfone groups is 1. The SMILES string of the molecule is CC.Cc1ccc(CS(C)(=O)=O)cc1. The summed E-state index contributed by atoms with van der Waals surface area (Å²) in [6, 6.07) is 7.52. The number of aryl methyl sites for hydroxylation is 1. The molecule has 0 aromatic heterocycles. The normalized spacial score (nSPS) is 10.3. The first kappa shape index (κ1) is 13.2. The molecule has 1 aromatic carbocycles. The van der Waals surface area contributed by atoms with Gasteiger partial charge in [0.1, 0.15) is 0 Å². The lowest BCUT2D eigenvalue weighted by Crippen LogP contribution is -2.00. The van der Waals surface area contributed by atoms with Gasteiger partial charge in [-0.15, -0.1) is 0 Å². The minimum Gasteiger partial charge on any atom is -0.229 e. The topological polar surface area (TPSA) is 34.1 Å². The quantitative estimate of drug-likeness (QED) is 0.758. The Morgan fingerprint density at radius 1 is 1.07 bits per heavy atom. The smallest absolute Gasteiger partial charge is 0.151 e. The van der Waals surface area contributed by atoms with E-state index in [9.17, 15) is 8.42 Å². The average molecular weight is 214 g/mol. The zero-order chi connectivity index (χ0) is 11.2. The van der Waals surface area contributed by atoms with Gasteiger partial charge in [0.05, 0.1) is 5.75 Å². The maximum Gasteiger partial charge on any atom is 0.151 e. The number of hydrogen-bond acceptors (Lipinski definition) is 2. The molecule has 3 heteroatoms. The van der Waals surface area contributed by atoms with Crippen molar-refractivity contribution < 1.29 is 8.42 Å². The van der Waals surface area contributed by atoms with E-state index >= 15 is 0 Å². The molecule has 0 saturated carbocycles. The zero-order valence-corrected chi connectivity index (χ0v) is 10.1. The fourth-order valence-electron chi connectivity index (χ4n) is 0.987. The predicted octanol–water partition coefficient (Wildman–Crippen LogP) is 2.57. The van der Waals surface area contributed by atoms with Crippen LogP contribution in [0.4, 0.5) is 0 Å². The molecule has 0 bridgehead atoms. The van der Waals surface area contributed by atoms with Crippen LogP contribution in [0.15, 0.2) is 24.3 Å². The minimum absolute atomic E-state index is 0.132. The van der Waals surface area contributed by atoms with Gasteiger partial charge in [0, 0.05) is 6.26 Å². The van der Waals surface area contributed by atoms with Crippen LogP contribution < -0.4 is 0 Å². The summed E-state index contributed by atoms with van der Waals surface area (Å²) in [7, 11) is -2.89. The van der Waals surface area contributed by atoms with Crippen molar-refractivity contribution in [1.82, 2.24) is 0 Å². The molecule has 0 fully saturated rings. The van der Waals surface area contributed by atoms with Gasteiger partial charge >= 0.3 is 0 Å². The third-order valence-corrected chi connectivity index (χ3v) is 2.41. The summed E-state index contributed by atoms with van der Waals surface area (Å²) in [6.07, 6.45) is 1.24. The second-order valence-electron chi connectivity index (χ2n) is 3.06. The maximum absolute atomic E-state index is 10.9. The van der Waals surface area contributed by atoms with Crippen molar-refractivity contribution in [2.75, 3.05) is 6.26 Å². The van der Waals surface area contributed by atoms with Crippen molar-refractivity contribution in [3.8, 4) is 0 Å². The molecule has 0 spiro atoms. The largest absolute Gasteiger partial charge is 0.229 e. The summed E-state index contributed by atoms with van der Waals surface area (Å²) in [5.74, 6) is 0.132. The first-order valence-electron chi connectivity index (χ1n) is 4.71. The van der Waals surface area contributed by atoms with Crippen LogP contribution in [0.5, 0.6) is 0 Å². The zero-order valence-electron chi connectivity index (χ0n) is 9.24. The van der Waals surface area contributed by atoms with Gasteiger partial charge in [-0.25, -0.2) is 8.42 Å². The molecule has 80 valence electrons. The summed E-state index contributed by atoms with van der Waals surface area (Å²) in [6.45, 7) is 5.98. The van der Waals surface area contributed by atoms with Gasteiger partial charge in [-0.1, -0.05) is 43.7 Å². The van der Waals surface area contributed by atoms with Crippen LogP contribution >= 0.6 is 0 Å². The second kappa shape index (κ2) is 5.81. The Morgan fingerprint density at radius 3 is 1.86 bits per heavy atom. The van der Waals surface area contributed by atoms with Gasteiger partial charge in [0.2, 0.25) is 0 Å². The third kappa shape index (κ3) is 5.75. The Kier molecular flexibility index (Phi) is 5.46. The van der Waals surface area contributed by atoms with Crippen molar-refractivity contribution in [3.05, 3.63) is 35.4 Å². The lowest BCUT2D eigenvalue weighted by molar-refractivity contribution is 0.601. The van der Waals surface area contributed by atoms with Crippen LogP contribution in [-0.2, 0) is 15.6 Å². The van der Waals surface area contributed by atoms with E-state index in [2.05, 4.69) is 0 Å². The van der Waals surface area contributed by atoms with Crippen LogP contribution in [-0.4, -0.2) is 14.7 Å². The molecule has 0 amide bonds. The molecular formula is C11H18O2S. The Bertz CT molecular complexity index is 349. The van der Waals surface area contributed by atoms with Crippen molar-refractivity contribution in [3.63, 3.8) is 0 Å². The summed E-state index contributed by atoms with van der Waals surface area (Å²) >= 11 is 0. The van der Waals surface area contributed by atoms with E-state index in [4.69, 9.17) is 0 Å². The van der Waals surface area contributed by atoms with E-state index < -0.39 is 9.84 Å². The first-order valence-corrected chi connectivity index (χ1v) is 6.77. The van der Waals surface area contributed by atoms with Crippen LogP contribution in [0.2, 0.25) is 0 Å². The lowest BCUT2D eigenvalue weighted by atomic mass is 10.2. The van der Waals surface area contributed by atoms with Gasteiger partial charge < -0.3 is 0 Å². The first-order chi connectivity index (χ1) is 6.47. The van der Waals surface area contributed by atoms with Crippen molar-refractivity contribution in [2.24, 2.45) is 0 Å². The fraction of sp³-hybridized carbons (Fsp3) is 0.455. The number of hydrogen-bond donors (Lipinski definition) is 0. The van der Waals surface area contributed by atoms with Crippen molar-refractivity contribution >= 4 is 9.84 Å². The molecule has 0 saturated heterocycles. The Balaban J connectivity index is 0.000000791. The highest BCUT2D eigenvalue weighted by atomic mass is 32.2. The average Bonchev–Trinajstić information content (AvgIpc) is 2.10. The number of rotatable bonds is 2. The summed E-state index contributed by atoms with van der Waals surface area (Å²) in [5, 5.41) is 0. The van der Waals surface area contributed by atoms with Crippen LogP contribution in [0, 0.1) is 6.92 Å². The van der Waals surface area contributed by atoms with Crippen LogP contribution in [0.1, 0.15) is 25.0 Å². The molecule has 0 heterocycles. The van der Waals surface area contributed by atoms with Crippen LogP contribution in [0.3, 0.4) is 0 Å². The van der Waals surface area contributed by atoms with Crippen LogP contribution in [0.25, 0.3) is 0 Å². The van der Waals surface area contributed by atoms with Gasteiger partial charge in [-0.05, 0) is 12.5 Å². The molecule has 1 rings (SSSR count). The molecule has 0 N–H and O–H groups in total. The minimum atomic E-state index is -2.89. The fourth-order valence-corrected chi connectivity index (χ4v) is 1.79. The van der Waals surface area contributed by atoms with E-state index in [0.29, 0.717) is 0 Å². The Labute approximate surface area is 86.9 Å². The van der Waals surface area contributed by atoms with E-state index in [1.54, 1.807) is 0 Å². The van der Waals surface area contributed by atoms with Gasteiger partial charge in [0.25, 0.3) is 0 Å². The molecule has 14 heavy (non-hydrogen) atoms. The van der Waals surface area contributed by atoms with Gasteiger partial charge in [-0.3, -0.25) is 0 Å². The summed E-state index contributed by atoms with van der Waals surface area (Å²) in [5.41, 5.74) is 2.00. The van der Waals surface area contributed by atoms with Crippen molar-refractivity contribution in [2.45, 2.75) is 26.5 Å². The Morgan fingerprint density at radius 2 is 1.50 bits per heavy atom. The van der Waals surface area contributed by atoms with E-state index in [1.807, 2.05) is 45.0 Å². The highest BCUT2D eigenvalue weighted by Gasteiger charge is 2.02. The molecule has 0 aliphatic rings. The monoisotopic (exact) mass is 214 g/mol. The summed E-state index contributed by atoms with van der Waals surface area (Å²) in [4.78, 5) is 0. The molecule has 0 radical (unpaired) electrons. The molecule has 1 aromatic rings. The summed E-state index contributed by atoms with van der Waals surface area (Å²) < 4.78 is 21.8. The second-order valence-corrected chi connectivity index (χ2v) is 5.20. The van der Waals surface area contributed by atoms with Crippen molar-refractivity contribution in [1.29, 1.82) is 0 Å². The standard InChI is InChI=1S/C9H12O2S.C2H6/c1-8-3-5-9(6-4-8)7-12(2,10)11;1-2/h3-6H,7H2,1-2H3;1-2H3. The molecule has 0 aliphatic carbocycles. The highest BCUT2D eigenvalue weighted by Crippen LogP contribution is 2.06.